The van der Waals surface area contributed by atoms with E-state index in [1.165, 1.54) is 20.1 Å². The van der Waals surface area contributed by atoms with Gasteiger partial charge >= 0.3 is 5.69 Å². The molecular formula is C12H15NO4. The second kappa shape index (κ2) is 5.43. The minimum Gasteiger partial charge on any atom is -0.490 e. The molecule has 1 aromatic carbocycles. The fourth-order valence-corrected chi connectivity index (χ4v) is 1.50. The van der Waals surface area contributed by atoms with Crippen LogP contribution < -0.4 is 4.74 Å². The Labute approximate surface area is 99.5 Å². The summed E-state index contributed by atoms with van der Waals surface area (Å²) in [6.45, 7) is 3.32. The Bertz CT molecular complexity index is 442. The first-order valence-electron chi connectivity index (χ1n) is 5.27. The first-order chi connectivity index (χ1) is 7.95. The van der Waals surface area contributed by atoms with Gasteiger partial charge in [0.15, 0.2) is 5.75 Å². The van der Waals surface area contributed by atoms with E-state index >= 15 is 0 Å². The van der Waals surface area contributed by atoms with Gasteiger partial charge in [0, 0.05) is 12.0 Å². The Hall–Kier alpha value is -1.91. The van der Waals surface area contributed by atoms with Crippen LogP contribution in [0.1, 0.15) is 19.4 Å². The number of Topliss-reactive ketones (excluding diaryl/α,β-unsaturated/α-hetero) is 1. The fraction of sp³-hybridized carbons (Fsp3) is 0.417. The van der Waals surface area contributed by atoms with Gasteiger partial charge in [-0.05, 0) is 25.0 Å². The third kappa shape index (κ3) is 3.27. The maximum absolute atomic E-state index is 11.1. The van der Waals surface area contributed by atoms with Gasteiger partial charge in [-0.1, -0.05) is 13.0 Å². The van der Waals surface area contributed by atoms with Crippen molar-refractivity contribution in [1.82, 2.24) is 0 Å². The molecule has 0 aromatic heterocycles. The molecule has 92 valence electrons. The van der Waals surface area contributed by atoms with Gasteiger partial charge in [0.25, 0.3) is 0 Å². The Morgan fingerprint density at radius 3 is 2.65 bits per heavy atom. The van der Waals surface area contributed by atoms with Crippen LogP contribution >= 0.6 is 0 Å². The van der Waals surface area contributed by atoms with Gasteiger partial charge in [0.1, 0.15) is 5.78 Å². The van der Waals surface area contributed by atoms with Crippen molar-refractivity contribution in [2.75, 3.05) is 7.11 Å². The zero-order valence-corrected chi connectivity index (χ0v) is 10.1. The van der Waals surface area contributed by atoms with Crippen LogP contribution in [0.15, 0.2) is 18.2 Å². The number of hydrogen-bond acceptors (Lipinski definition) is 4. The molecule has 0 aliphatic carbocycles. The van der Waals surface area contributed by atoms with E-state index in [0.717, 1.165) is 5.56 Å². The third-order valence-electron chi connectivity index (χ3n) is 2.68. The van der Waals surface area contributed by atoms with Crippen molar-refractivity contribution in [3.05, 3.63) is 33.9 Å². The normalized spacial score (nSPS) is 11.9. The molecule has 0 fully saturated rings. The average Bonchev–Trinajstić information content (AvgIpc) is 2.28. The summed E-state index contributed by atoms with van der Waals surface area (Å²) in [5.41, 5.74) is 0.695. The maximum atomic E-state index is 11.1. The smallest absolute Gasteiger partial charge is 0.311 e. The molecule has 1 unspecified atom stereocenters. The van der Waals surface area contributed by atoms with Gasteiger partial charge in [0.05, 0.1) is 12.0 Å². The minimum absolute atomic E-state index is 0.0687. The van der Waals surface area contributed by atoms with E-state index in [2.05, 4.69) is 0 Å². The molecule has 1 atom stereocenters. The first-order valence-corrected chi connectivity index (χ1v) is 5.27. The van der Waals surface area contributed by atoms with Crippen molar-refractivity contribution in [2.45, 2.75) is 20.3 Å². The number of carbonyl (C=O) groups is 1. The summed E-state index contributed by atoms with van der Waals surface area (Å²) < 4.78 is 4.91. The van der Waals surface area contributed by atoms with Crippen molar-refractivity contribution in [1.29, 1.82) is 0 Å². The molecule has 0 bridgehead atoms. The van der Waals surface area contributed by atoms with Crippen LogP contribution in [0.2, 0.25) is 0 Å². The Morgan fingerprint density at radius 2 is 2.18 bits per heavy atom. The van der Waals surface area contributed by atoms with Crippen molar-refractivity contribution < 1.29 is 14.5 Å². The highest BCUT2D eigenvalue weighted by atomic mass is 16.6. The quantitative estimate of drug-likeness (QED) is 0.582. The molecule has 0 aliphatic rings. The molecule has 0 saturated heterocycles. The van der Waals surface area contributed by atoms with E-state index in [1.54, 1.807) is 19.1 Å². The molecule has 17 heavy (non-hydrogen) atoms. The van der Waals surface area contributed by atoms with E-state index in [9.17, 15) is 14.9 Å². The molecule has 0 heterocycles. The predicted octanol–water partition coefficient (Wildman–Crippen LogP) is 2.37. The van der Waals surface area contributed by atoms with E-state index in [4.69, 9.17) is 4.74 Å². The van der Waals surface area contributed by atoms with E-state index in [0.29, 0.717) is 6.42 Å². The highest BCUT2D eigenvalue weighted by Gasteiger charge is 2.17. The molecule has 0 saturated carbocycles. The molecule has 5 heteroatoms. The third-order valence-corrected chi connectivity index (χ3v) is 2.68. The molecule has 1 rings (SSSR count). The summed E-state index contributed by atoms with van der Waals surface area (Å²) >= 11 is 0. The molecule has 0 spiro atoms. The number of nitro benzene ring substituents is 1. The summed E-state index contributed by atoms with van der Waals surface area (Å²) in [5, 5.41) is 10.8. The fourth-order valence-electron chi connectivity index (χ4n) is 1.50. The number of methoxy groups -OCH3 is 1. The largest absolute Gasteiger partial charge is 0.490 e. The lowest BCUT2D eigenvalue weighted by molar-refractivity contribution is -0.385. The molecular weight excluding hydrogens is 222 g/mol. The lowest BCUT2D eigenvalue weighted by atomic mass is 9.97. The van der Waals surface area contributed by atoms with Crippen molar-refractivity contribution in [3.8, 4) is 5.75 Å². The van der Waals surface area contributed by atoms with Gasteiger partial charge < -0.3 is 4.74 Å². The number of hydrogen-bond donors (Lipinski definition) is 0. The van der Waals surface area contributed by atoms with Gasteiger partial charge in [-0.25, -0.2) is 0 Å². The summed E-state index contributed by atoms with van der Waals surface area (Å²) in [4.78, 5) is 21.5. The predicted molar refractivity (Wildman–Crippen MR) is 63.2 cm³/mol. The number of nitrogens with zero attached hydrogens (tertiary/aromatic N) is 1. The number of ether oxygens (including phenoxy) is 1. The van der Waals surface area contributed by atoms with Crippen molar-refractivity contribution in [3.63, 3.8) is 0 Å². The molecule has 0 N–H and O–H groups in total. The van der Waals surface area contributed by atoms with Crippen LogP contribution in [-0.4, -0.2) is 17.8 Å². The number of ketones is 1. The summed E-state index contributed by atoms with van der Waals surface area (Å²) in [7, 11) is 1.39. The van der Waals surface area contributed by atoms with E-state index in [-0.39, 0.29) is 23.1 Å². The van der Waals surface area contributed by atoms with Crippen LogP contribution in [0.4, 0.5) is 5.69 Å². The summed E-state index contributed by atoms with van der Waals surface area (Å²) in [5.74, 6) is 0.167. The van der Waals surface area contributed by atoms with Crippen LogP contribution in [0.5, 0.6) is 5.75 Å². The van der Waals surface area contributed by atoms with Gasteiger partial charge in [-0.15, -0.1) is 0 Å². The number of rotatable bonds is 5. The molecule has 1 aromatic rings. The lowest BCUT2D eigenvalue weighted by Gasteiger charge is -2.08. The van der Waals surface area contributed by atoms with E-state index < -0.39 is 4.92 Å². The Morgan fingerprint density at radius 1 is 1.53 bits per heavy atom. The van der Waals surface area contributed by atoms with Crippen LogP contribution in [0.25, 0.3) is 0 Å². The number of benzene rings is 1. The van der Waals surface area contributed by atoms with Crippen molar-refractivity contribution in [2.24, 2.45) is 5.92 Å². The average molecular weight is 237 g/mol. The number of nitro groups is 1. The zero-order valence-electron chi connectivity index (χ0n) is 10.1. The monoisotopic (exact) mass is 237 g/mol. The van der Waals surface area contributed by atoms with Gasteiger partial charge in [-0.2, -0.15) is 0 Å². The maximum Gasteiger partial charge on any atom is 0.311 e. The molecule has 0 radical (unpaired) electrons. The van der Waals surface area contributed by atoms with Crippen LogP contribution in [0.3, 0.4) is 0 Å². The highest BCUT2D eigenvalue weighted by molar-refractivity contribution is 5.78. The highest BCUT2D eigenvalue weighted by Crippen LogP contribution is 2.28. The standard InChI is InChI=1S/C12H15NO4/c1-8(9(2)14)6-10-4-5-12(17-3)11(7-10)13(15)16/h4-5,7-8H,6H2,1-3H3. The molecule has 0 aliphatic heterocycles. The van der Waals surface area contributed by atoms with Crippen molar-refractivity contribution >= 4 is 11.5 Å². The van der Waals surface area contributed by atoms with Crippen LogP contribution in [-0.2, 0) is 11.2 Å². The van der Waals surface area contributed by atoms with E-state index in [1.807, 2.05) is 0 Å². The molecule has 5 nitrogen and oxygen atoms in total. The Kier molecular flexibility index (Phi) is 4.20. The second-order valence-electron chi connectivity index (χ2n) is 3.98. The lowest BCUT2D eigenvalue weighted by Crippen LogP contribution is -2.09. The number of carbonyl (C=O) groups excluding carboxylic acids is 1. The van der Waals surface area contributed by atoms with Gasteiger partial charge in [0.2, 0.25) is 0 Å². The first kappa shape index (κ1) is 13.2. The molecule has 0 amide bonds. The summed E-state index contributed by atoms with van der Waals surface area (Å²) in [6.07, 6.45) is 0.500. The Balaban J connectivity index is 3.00. The van der Waals surface area contributed by atoms with Crippen LogP contribution in [0, 0.1) is 16.0 Å². The summed E-state index contributed by atoms with van der Waals surface area (Å²) in [6, 6.07) is 4.75. The SMILES string of the molecule is COc1ccc(CC(C)C(C)=O)cc1[N+](=O)[O-]. The van der Waals surface area contributed by atoms with Gasteiger partial charge in [-0.3, -0.25) is 14.9 Å². The zero-order chi connectivity index (χ0) is 13.0. The topological polar surface area (TPSA) is 69.4 Å². The second-order valence-corrected chi connectivity index (χ2v) is 3.98. The minimum atomic E-state index is -0.485.